The first-order valence-corrected chi connectivity index (χ1v) is 9.35. The van der Waals surface area contributed by atoms with Crippen LogP contribution in [0.2, 0.25) is 10.0 Å². The zero-order valence-corrected chi connectivity index (χ0v) is 16.0. The molecule has 0 aliphatic carbocycles. The van der Waals surface area contributed by atoms with Gasteiger partial charge in [-0.15, -0.1) is 0 Å². The number of hydrogen-bond acceptors (Lipinski definition) is 3. The number of carboxylic acids is 1. The highest BCUT2D eigenvalue weighted by Crippen LogP contribution is 2.40. The first-order chi connectivity index (χ1) is 12.5. The fourth-order valence-corrected chi connectivity index (χ4v) is 4.01. The molecule has 138 valence electrons. The fraction of sp³-hybridized carbons (Fsp3) is 0.350. The monoisotopic (exact) mass is 393 g/mol. The molecule has 2 aromatic rings. The second-order valence-electron chi connectivity index (χ2n) is 6.41. The molecule has 1 saturated heterocycles. The molecule has 2 aromatic carbocycles. The molecule has 1 heterocycles. The van der Waals surface area contributed by atoms with Crippen molar-refractivity contribution in [1.29, 1.82) is 0 Å². The van der Waals surface area contributed by atoms with E-state index in [1.807, 2.05) is 41.3 Å². The van der Waals surface area contributed by atoms with Crippen LogP contribution in [0.25, 0.3) is 0 Å². The van der Waals surface area contributed by atoms with Gasteiger partial charge in [0.05, 0.1) is 23.2 Å². The van der Waals surface area contributed by atoms with Crippen LogP contribution < -0.4 is 4.74 Å². The Morgan fingerprint density at radius 3 is 2.58 bits per heavy atom. The van der Waals surface area contributed by atoms with Gasteiger partial charge in [0.25, 0.3) is 0 Å². The van der Waals surface area contributed by atoms with E-state index in [2.05, 4.69) is 0 Å². The van der Waals surface area contributed by atoms with E-state index in [4.69, 9.17) is 27.9 Å². The molecule has 1 aliphatic rings. The maximum absolute atomic E-state index is 11.9. The van der Waals surface area contributed by atoms with Crippen LogP contribution in [0.5, 0.6) is 5.75 Å². The summed E-state index contributed by atoms with van der Waals surface area (Å²) in [5, 5.41) is 10.7. The summed E-state index contributed by atoms with van der Waals surface area (Å²) in [5.74, 6) is -0.0560. The number of ether oxygens (including phenoxy) is 1. The number of likely N-dealkylation sites (tertiary alicyclic amines) is 1. The van der Waals surface area contributed by atoms with Gasteiger partial charge in [-0.1, -0.05) is 53.9 Å². The molecule has 26 heavy (non-hydrogen) atoms. The molecular formula is C20H21Cl2NO3. The second kappa shape index (κ2) is 8.30. The molecule has 1 aliphatic heterocycles. The van der Waals surface area contributed by atoms with E-state index in [1.54, 1.807) is 13.2 Å². The topological polar surface area (TPSA) is 49.8 Å². The molecule has 1 fully saturated rings. The summed E-state index contributed by atoms with van der Waals surface area (Å²) in [7, 11) is 1.62. The van der Waals surface area contributed by atoms with Gasteiger partial charge in [-0.2, -0.15) is 0 Å². The van der Waals surface area contributed by atoms with Gasteiger partial charge in [0, 0.05) is 0 Å². The highest BCUT2D eigenvalue weighted by Gasteiger charge is 2.36. The maximum Gasteiger partial charge on any atom is 0.320 e. The molecule has 6 heteroatoms. The summed E-state index contributed by atoms with van der Waals surface area (Å²) in [6, 6.07) is 12.3. The van der Waals surface area contributed by atoms with Crippen molar-refractivity contribution in [2.75, 3.05) is 13.7 Å². The predicted octanol–water partition coefficient (Wildman–Crippen LogP) is 5.03. The van der Waals surface area contributed by atoms with Crippen LogP contribution in [0.15, 0.2) is 42.5 Å². The van der Waals surface area contributed by atoms with Crippen LogP contribution in [-0.2, 0) is 4.79 Å². The Morgan fingerprint density at radius 1 is 1.19 bits per heavy atom. The third-order valence-electron chi connectivity index (χ3n) is 4.87. The lowest BCUT2D eigenvalue weighted by Crippen LogP contribution is -2.46. The molecule has 1 N–H and O–H groups in total. The molecule has 0 saturated carbocycles. The first kappa shape index (κ1) is 19.0. The number of hydrogen-bond donors (Lipinski definition) is 1. The molecule has 0 aromatic heterocycles. The molecule has 0 amide bonds. The van der Waals surface area contributed by atoms with E-state index in [0.29, 0.717) is 23.0 Å². The number of nitrogens with zero attached hydrogens (tertiary/aromatic N) is 1. The molecule has 0 spiro atoms. The van der Waals surface area contributed by atoms with Crippen molar-refractivity contribution in [3.63, 3.8) is 0 Å². The minimum Gasteiger partial charge on any atom is -0.497 e. The number of carbonyl (C=O) groups is 1. The lowest BCUT2D eigenvalue weighted by Gasteiger charge is -2.40. The largest absolute Gasteiger partial charge is 0.497 e. The van der Waals surface area contributed by atoms with Gasteiger partial charge in [-0.3, -0.25) is 9.69 Å². The summed E-state index contributed by atoms with van der Waals surface area (Å²) in [4.78, 5) is 13.9. The SMILES string of the molecule is COc1ccc(C(c2cccc(Cl)c2Cl)N2CCCCC2C(=O)O)cc1. The normalized spacial score (nSPS) is 19.1. The van der Waals surface area contributed by atoms with Crippen LogP contribution in [0.3, 0.4) is 0 Å². The Kier molecular flexibility index (Phi) is 6.07. The average molecular weight is 394 g/mol. The van der Waals surface area contributed by atoms with E-state index in [-0.39, 0.29) is 6.04 Å². The first-order valence-electron chi connectivity index (χ1n) is 8.59. The second-order valence-corrected chi connectivity index (χ2v) is 7.19. The van der Waals surface area contributed by atoms with Gasteiger partial charge in [-0.05, 0) is 48.7 Å². The predicted molar refractivity (Wildman–Crippen MR) is 103 cm³/mol. The molecule has 0 bridgehead atoms. The van der Waals surface area contributed by atoms with Gasteiger partial charge < -0.3 is 9.84 Å². The maximum atomic E-state index is 11.9. The Hall–Kier alpha value is -1.75. The zero-order chi connectivity index (χ0) is 18.7. The number of methoxy groups -OCH3 is 1. The number of benzene rings is 2. The highest BCUT2D eigenvalue weighted by atomic mass is 35.5. The third kappa shape index (κ3) is 3.83. The fourth-order valence-electron chi connectivity index (χ4n) is 3.60. The van der Waals surface area contributed by atoms with Crippen LogP contribution in [0, 0.1) is 0 Å². The van der Waals surface area contributed by atoms with Crippen LogP contribution in [0.1, 0.15) is 36.4 Å². The standard InChI is InChI=1S/C20H21Cl2NO3/c1-26-14-10-8-13(9-11-14)19(15-5-4-6-16(21)18(15)22)23-12-3-2-7-17(23)20(24)25/h4-6,8-11,17,19H,2-3,7,12H2,1H3,(H,24,25). The molecule has 2 atom stereocenters. The van der Waals surface area contributed by atoms with Crippen molar-refractivity contribution in [3.8, 4) is 5.75 Å². The van der Waals surface area contributed by atoms with E-state index in [0.717, 1.165) is 29.7 Å². The summed E-state index contributed by atoms with van der Waals surface area (Å²) in [6.45, 7) is 0.691. The van der Waals surface area contributed by atoms with Gasteiger partial charge >= 0.3 is 5.97 Å². The van der Waals surface area contributed by atoms with E-state index >= 15 is 0 Å². The Bertz CT molecular complexity index is 779. The quantitative estimate of drug-likeness (QED) is 0.773. The third-order valence-corrected chi connectivity index (χ3v) is 5.70. The van der Waals surface area contributed by atoms with E-state index in [1.165, 1.54) is 0 Å². The van der Waals surface area contributed by atoms with Crippen molar-refractivity contribution >= 4 is 29.2 Å². The Balaban J connectivity index is 2.11. The van der Waals surface area contributed by atoms with Gasteiger partial charge in [-0.25, -0.2) is 0 Å². The number of piperidine rings is 1. The smallest absolute Gasteiger partial charge is 0.320 e. The summed E-state index contributed by atoms with van der Waals surface area (Å²) in [6.07, 6.45) is 2.49. The Morgan fingerprint density at radius 2 is 1.92 bits per heavy atom. The average Bonchev–Trinajstić information content (AvgIpc) is 2.66. The number of carboxylic acid groups (broad SMARTS) is 1. The number of rotatable bonds is 5. The lowest BCUT2D eigenvalue weighted by atomic mass is 9.91. The zero-order valence-electron chi connectivity index (χ0n) is 14.5. The highest BCUT2D eigenvalue weighted by molar-refractivity contribution is 6.42. The summed E-state index contributed by atoms with van der Waals surface area (Å²) < 4.78 is 5.25. The van der Waals surface area contributed by atoms with Crippen molar-refractivity contribution in [2.45, 2.75) is 31.3 Å². The summed E-state index contributed by atoms with van der Waals surface area (Å²) in [5.41, 5.74) is 1.78. The van der Waals surface area contributed by atoms with Crippen molar-refractivity contribution in [1.82, 2.24) is 4.90 Å². The lowest BCUT2D eigenvalue weighted by molar-refractivity contribution is -0.145. The number of aliphatic carboxylic acids is 1. The number of halogens is 2. The molecule has 0 radical (unpaired) electrons. The minimum absolute atomic E-state index is 0.284. The Labute approximate surface area is 163 Å². The van der Waals surface area contributed by atoms with Crippen LogP contribution in [0.4, 0.5) is 0 Å². The van der Waals surface area contributed by atoms with Crippen molar-refractivity contribution < 1.29 is 14.6 Å². The van der Waals surface area contributed by atoms with E-state index < -0.39 is 12.0 Å². The van der Waals surface area contributed by atoms with Crippen molar-refractivity contribution in [2.24, 2.45) is 0 Å². The van der Waals surface area contributed by atoms with Gasteiger partial charge in [0.15, 0.2) is 0 Å². The van der Waals surface area contributed by atoms with Gasteiger partial charge in [0.1, 0.15) is 11.8 Å². The van der Waals surface area contributed by atoms with E-state index in [9.17, 15) is 9.90 Å². The molecule has 2 unspecified atom stereocenters. The van der Waals surface area contributed by atoms with Gasteiger partial charge in [0.2, 0.25) is 0 Å². The molecule has 3 rings (SSSR count). The van der Waals surface area contributed by atoms with Crippen LogP contribution in [-0.4, -0.2) is 35.7 Å². The minimum atomic E-state index is -0.804. The van der Waals surface area contributed by atoms with Crippen LogP contribution >= 0.6 is 23.2 Å². The summed E-state index contributed by atoms with van der Waals surface area (Å²) >= 11 is 12.8. The van der Waals surface area contributed by atoms with Crippen molar-refractivity contribution in [3.05, 3.63) is 63.6 Å². The molecule has 4 nitrogen and oxygen atoms in total. The molecular weight excluding hydrogens is 373 g/mol.